The first kappa shape index (κ1) is 19.1. The summed E-state index contributed by atoms with van der Waals surface area (Å²) in [6, 6.07) is 3.88. The van der Waals surface area contributed by atoms with Crippen LogP contribution in [-0.2, 0) is 11.8 Å². The van der Waals surface area contributed by atoms with Crippen LogP contribution in [0.15, 0.2) is 12.1 Å². The molecule has 1 amide bonds. The highest BCUT2D eigenvalue weighted by Crippen LogP contribution is 2.20. The van der Waals surface area contributed by atoms with Gasteiger partial charge >= 0.3 is 0 Å². The lowest BCUT2D eigenvalue weighted by atomic mass is 10.1. The van der Waals surface area contributed by atoms with Crippen LogP contribution in [0.1, 0.15) is 23.3 Å². The number of piperidine rings is 1. The van der Waals surface area contributed by atoms with E-state index in [0.717, 1.165) is 64.2 Å². The molecule has 0 radical (unpaired) electrons. The van der Waals surface area contributed by atoms with Gasteiger partial charge in [-0.2, -0.15) is 10.1 Å². The summed E-state index contributed by atoms with van der Waals surface area (Å²) in [5.74, 6) is 0.411. The number of hydrogen-bond acceptors (Lipinski definition) is 7. The molecule has 0 atom stereocenters. The van der Waals surface area contributed by atoms with E-state index < -0.39 is 0 Å². The van der Waals surface area contributed by atoms with Gasteiger partial charge in [0, 0.05) is 38.8 Å². The Balaban J connectivity index is 1.40. The van der Waals surface area contributed by atoms with Crippen LogP contribution >= 0.6 is 0 Å². The van der Waals surface area contributed by atoms with E-state index in [2.05, 4.69) is 25.6 Å². The van der Waals surface area contributed by atoms with Crippen LogP contribution in [0.3, 0.4) is 0 Å². The molecule has 0 saturated carbocycles. The van der Waals surface area contributed by atoms with Crippen LogP contribution in [0.4, 0.5) is 0 Å². The van der Waals surface area contributed by atoms with Gasteiger partial charge in [-0.15, -0.1) is 0 Å². The molecule has 4 rings (SSSR count). The maximum absolute atomic E-state index is 12.7. The molecule has 0 aromatic carbocycles. The minimum atomic E-state index is -0.139. The quantitative estimate of drug-likeness (QED) is 0.728. The number of aryl methyl sites for hydroxylation is 1. The lowest BCUT2D eigenvalue weighted by molar-refractivity contribution is 0.0320. The molecule has 2 saturated heterocycles. The van der Waals surface area contributed by atoms with Crippen molar-refractivity contribution in [3.05, 3.63) is 17.8 Å². The van der Waals surface area contributed by atoms with E-state index in [9.17, 15) is 4.79 Å². The van der Waals surface area contributed by atoms with Gasteiger partial charge in [-0.3, -0.25) is 9.69 Å². The summed E-state index contributed by atoms with van der Waals surface area (Å²) in [4.78, 5) is 19.6. The number of aromatic nitrogens is 3. The zero-order valence-electron chi connectivity index (χ0n) is 16.3. The number of pyridine rings is 1. The maximum atomic E-state index is 12.7. The van der Waals surface area contributed by atoms with Crippen molar-refractivity contribution in [3.8, 4) is 5.88 Å². The van der Waals surface area contributed by atoms with Gasteiger partial charge in [-0.1, -0.05) is 0 Å². The van der Waals surface area contributed by atoms with Crippen LogP contribution in [-0.4, -0.2) is 84.2 Å². The second-order valence-electron chi connectivity index (χ2n) is 7.29. The normalized spacial score (nSPS) is 19.0. The summed E-state index contributed by atoms with van der Waals surface area (Å²) >= 11 is 0. The summed E-state index contributed by atoms with van der Waals surface area (Å²) in [5.41, 5.74) is 1.07. The fourth-order valence-electron chi connectivity index (χ4n) is 3.69. The highest BCUT2D eigenvalue weighted by molar-refractivity contribution is 6.04. The van der Waals surface area contributed by atoms with Gasteiger partial charge in [0.2, 0.25) is 5.88 Å². The summed E-state index contributed by atoms with van der Waals surface area (Å²) in [7, 11) is 1.80. The zero-order chi connectivity index (χ0) is 19.3. The van der Waals surface area contributed by atoms with E-state index in [4.69, 9.17) is 9.47 Å². The van der Waals surface area contributed by atoms with Crippen LogP contribution in [0.5, 0.6) is 5.88 Å². The van der Waals surface area contributed by atoms with E-state index >= 15 is 0 Å². The molecule has 152 valence electrons. The smallest absolute Gasteiger partial charge is 0.272 e. The fraction of sp³-hybridized carbons (Fsp3) is 0.632. The van der Waals surface area contributed by atoms with Crippen LogP contribution in [0.2, 0.25) is 0 Å². The Hall–Kier alpha value is -2.23. The molecule has 0 spiro atoms. The lowest BCUT2D eigenvalue weighted by Gasteiger charge is -2.26. The van der Waals surface area contributed by atoms with Gasteiger partial charge in [-0.05, 0) is 32.0 Å². The number of nitrogens with zero attached hydrogens (tertiary/aromatic N) is 4. The van der Waals surface area contributed by atoms with Crippen molar-refractivity contribution < 1.29 is 14.3 Å². The van der Waals surface area contributed by atoms with Crippen LogP contribution in [0, 0.1) is 0 Å². The number of hydrogen-bond donors (Lipinski definition) is 2. The van der Waals surface area contributed by atoms with Gasteiger partial charge in [0.15, 0.2) is 11.3 Å². The van der Waals surface area contributed by atoms with Crippen molar-refractivity contribution in [2.24, 2.45) is 7.05 Å². The first-order chi connectivity index (χ1) is 13.7. The number of fused-ring (bicyclic) bond motifs is 1. The molecule has 2 aromatic rings. The highest BCUT2D eigenvalue weighted by atomic mass is 16.5. The average Bonchev–Trinajstić information content (AvgIpc) is 3.06. The molecular formula is C19H28N6O3. The summed E-state index contributed by atoms with van der Waals surface area (Å²) in [6.07, 6.45) is 1.88. The largest absolute Gasteiger partial charge is 0.476 e. The van der Waals surface area contributed by atoms with Crippen LogP contribution in [0.25, 0.3) is 11.0 Å². The Kier molecular flexibility index (Phi) is 6.04. The second-order valence-corrected chi connectivity index (χ2v) is 7.29. The first-order valence-corrected chi connectivity index (χ1v) is 9.99. The molecule has 9 nitrogen and oxygen atoms in total. The van der Waals surface area contributed by atoms with Crippen molar-refractivity contribution in [1.82, 2.24) is 30.3 Å². The molecule has 2 N–H and O–H groups in total. The highest BCUT2D eigenvalue weighted by Gasteiger charge is 2.21. The Bertz CT molecular complexity index is 811. The number of rotatable bonds is 6. The molecule has 0 unspecified atom stereocenters. The predicted octanol–water partition coefficient (Wildman–Crippen LogP) is 0.161. The molecular weight excluding hydrogens is 360 g/mol. The van der Waals surface area contributed by atoms with Gasteiger partial charge in [0.1, 0.15) is 6.61 Å². The molecule has 2 aliphatic heterocycles. The third kappa shape index (κ3) is 4.43. The lowest BCUT2D eigenvalue weighted by Crippen LogP contribution is -2.42. The molecule has 4 heterocycles. The third-order valence-electron chi connectivity index (χ3n) is 5.31. The molecule has 0 aliphatic carbocycles. The van der Waals surface area contributed by atoms with E-state index in [0.29, 0.717) is 23.8 Å². The Morgan fingerprint density at radius 1 is 1.32 bits per heavy atom. The van der Waals surface area contributed by atoms with Gasteiger partial charge in [-0.25, -0.2) is 4.68 Å². The summed E-state index contributed by atoms with van der Waals surface area (Å²) in [5, 5.41) is 11.5. The number of ether oxygens (including phenoxy) is 2. The maximum Gasteiger partial charge on any atom is 0.272 e. The molecule has 2 fully saturated rings. The number of morpholine rings is 1. The van der Waals surface area contributed by atoms with E-state index in [1.54, 1.807) is 11.7 Å². The SMILES string of the molecule is Cn1nc(C(=O)NC2CCNCC2)c2ccc(OCCN3CCOCC3)nc21. The van der Waals surface area contributed by atoms with E-state index in [1.807, 2.05) is 12.1 Å². The minimum absolute atomic E-state index is 0.139. The van der Waals surface area contributed by atoms with Gasteiger partial charge < -0.3 is 20.1 Å². The Morgan fingerprint density at radius 2 is 2.11 bits per heavy atom. The predicted molar refractivity (Wildman–Crippen MR) is 105 cm³/mol. The van der Waals surface area contributed by atoms with E-state index in [1.165, 1.54) is 0 Å². The van der Waals surface area contributed by atoms with Crippen molar-refractivity contribution in [3.63, 3.8) is 0 Å². The fourth-order valence-corrected chi connectivity index (χ4v) is 3.69. The summed E-state index contributed by atoms with van der Waals surface area (Å²) < 4.78 is 12.8. The molecule has 9 heteroatoms. The zero-order valence-corrected chi connectivity index (χ0v) is 16.3. The van der Waals surface area contributed by atoms with Gasteiger partial charge in [0.05, 0.1) is 18.6 Å². The average molecular weight is 388 g/mol. The second kappa shape index (κ2) is 8.85. The topological polar surface area (TPSA) is 93.5 Å². The monoisotopic (exact) mass is 388 g/mol. The minimum Gasteiger partial charge on any atom is -0.476 e. The van der Waals surface area contributed by atoms with Crippen LogP contribution < -0.4 is 15.4 Å². The molecule has 0 bridgehead atoms. The molecule has 28 heavy (non-hydrogen) atoms. The number of nitrogens with one attached hydrogen (secondary N) is 2. The standard InChI is InChI=1S/C19H28N6O3/c1-24-18-15(17(23-24)19(26)21-14-4-6-20-7-5-14)2-3-16(22-18)28-13-10-25-8-11-27-12-9-25/h2-3,14,20H,4-13H2,1H3,(H,21,26). The number of carbonyl (C=O) groups excluding carboxylic acids is 1. The Morgan fingerprint density at radius 3 is 2.89 bits per heavy atom. The van der Waals surface area contributed by atoms with Crippen molar-refractivity contribution >= 4 is 16.9 Å². The van der Waals surface area contributed by atoms with E-state index in [-0.39, 0.29) is 11.9 Å². The van der Waals surface area contributed by atoms with Crippen molar-refractivity contribution in [2.75, 3.05) is 52.5 Å². The van der Waals surface area contributed by atoms with Crippen molar-refractivity contribution in [2.45, 2.75) is 18.9 Å². The number of carbonyl (C=O) groups is 1. The molecule has 2 aromatic heterocycles. The third-order valence-corrected chi connectivity index (χ3v) is 5.31. The van der Waals surface area contributed by atoms with Crippen molar-refractivity contribution in [1.29, 1.82) is 0 Å². The number of amides is 1. The summed E-state index contributed by atoms with van der Waals surface area (Å²) in [6.45, 7) is 6.71. The molecule has 2 aliphatic rings. The first-order valence-electron chi connectivity index (χ1n) is 9.99. The van der Waals surface area contributed by atoms with Gasteiger partial charge in [0.25, 0.3) is 5.91 Å². The Labute approximate surface area is 164 Å².